The van der Waals surface area contributed by atoms with Crippen LogP contribution in [0.25, 0.3) is 0 Å². The average molecular weight is 257 g/mol. The molecule has 0 saturated heterocycles. The summed E-state index contributed by atoms with van der Waals surface area (Å²) >= 11 is 1.37. The molecule has 0 aliphatic heterocycles. The van der Waals surface area contributed by atoms with E-state index in [0.717, 1.165) is 24.8 Å². The molecule has 1 aliphatic rings. The lowest BCUT2D eigenvalue weighted by Crippen LogP contribution is -2.42. The van der Waals surface area contributed by atoms with E-state index in [1.165, 1.54) is 16.2 Å². The standard InChI is InChI=1S/C11H12FNO3S/c12-5-7(11(15)16)13-10(14)9-4-6-2-1-3-8(6)17-9/h4,7H,1-3,5H2,(H,13,14)(H,15,16). The van der Waals surface area contributed by atoms with Crippen molar-refractivity contribution in [3.8, 4) is 0 Å². The molecule has 1 unspecified atom stereocenters. The molecular weight excluding hydrogens is 245 g/mol. The fraction of sp³-hybridized carbons (Fsp3) is 0.455. The highest BCUT2D eigenvalue weighted by Crippen LogP contribution is 2.30. The first-order chi connectivity index (χ1) is 8.11. The average Bonchev–Trinajstić information content (AvgIpc) is 2.84. The number of carbonyl (C=O) groups is 2. The van der Waals surface area contributed by atoms with E-state index < -0.39 is 24.6 Å². The van der Waals surface area contributed by atoms with Crippen molar-refractivity contribution in [1.29, 1.82) is 0 Å². The van der Waals surface area contributed by atoms with E-state index in [1.807, 2.05) is 0 Å². The molecule has 0 spiro atoms. The molecule has 1 aromatic heterocycles. The summed E-state index contributed by atoms with van der Waals surface area (Å²) < 4.78 is 12.4. The van der Waals surface area contributed by atoms with Crippen molar-refractivity contribution in [2.45, 2.75) is 25.3 Å². The minimum absolute atomic E-state index is 0.467. The number of carboxylic acid groups (broad SMARTS) is 1. The van der Waals surface area contributed by atoms with Crippen molar-refractivity contribution in [3.05, 3.63) is 21.4 Å². The topological polar surface area (TPSA) is 66.4 Å². The second kappa shape index (κ2) is 4.83. The highest BCUT2D eigenvalue weighted by molar-refractivity contribution is 7.14. The quantitative estimate of drug-likeness (QED) is 0.856. The monoisotopic (exact) mass is 257 g/mol. The molecule has 1 aromatic rings. The Morgan fingerprint density at radius 3 is 2.88 bits per heavy atom. The number of aryl methyl sites for hydroxylation is 2. The van der Waals surface area contributed by atoms with Crippen molar-refractivity contribution in [1.82, 2.24) is 5.32 Å². The van der Waals surface area contributed by atoms with Crippen molar-refractivity contribution in [2.75, 3.05) is 6.67 Å². The van der Waals surface area contributed by atoms with Crippen molar-refractivity contribution >= 4 is 23.2 Å². The number of hydrogen-bond donors (Lipinski definition) is 2. The van der Waals surface area contributed by atoms with Gasteiger partial charge in [0.25, 0.3) is 5.91 Å². The highest BCUT2D eigenvalue weighted by atomic mass is 32.1. The summed E-state index contributed by atoms with van der Waals surface area (Å²) in [5, 5.41) is 10.8. The van der Waals surface area contributed by atoms with Gasteiger partial charge in [0.05, 0.1) is 4.88 Å². The number of nitrogens with one attached hydrogen (secondary N) is 1. The summed E-state index contributed by atoms with van der Waals surface area (Å²) in [6.07, 6.45) is 3.04. The summed E-state index contributed by atoms with van der Waals surface area (Å²) in [5.41, 5.74) is 1.16. The Bertz CT molecular complexity index is 436. The van der Waals surface area contributed by atoms with Gasteiger partial charge in [-0.05, 0) is 30.9 Å². The van der Waals surface area contributed by atoms with Crippen LogP contribution in [0.15, 0.2) is 6.07 Å². The number of amides is 1. The summed E-state index contributed by atoms with van der Waals surface area (Å²) in [7, 11) is 0. The van der Waals surface area contributed by atoms with E-state index in [9.17, 15) is 14.0 Å². The van der Waals surface area contributed by atoms with Gasteiger partial charge in [0, 0.05) is 4.88 Å². The third kappa shape index (κ3) is 2.46. The molecule has 4 nitrogen and oxygen atoms in total. The Kier molecular flexibility index (Phi) is 3.42. The molecule has 0 aromatic carbocycles. The van der Waals surface area contributed by atoms with E-state index in [2.05, 4.69) is 5.32 Å². The molecular formula is C11H12FNO3S. The Labute approximate surface area is 101 Å². The lowest BCUT2D eigenvalue weighted by atomic mass is 10.2. The van der Waals surface area contributed by atoms with E-state index in [-0.39, 0.29) is 0 Å². The molecule has 1 aliphatic carbocycles. The van der Waals surface area contributed by atoms with Gasteiger partial charge < -0.3 is 10.4 Å². The molecule has 1 amide bonds. The van der Waals surface area contributed by atoms with Crippen molar-refractivity contribution in [2.24, 2.45) is 0 Å². The third-order valence-electron chi connectivity index (χ3n) is 2.73. The third-order valence-corrected chi connectivity index (χ3v) is 3.96. The van der Waals surface area contributed by atoms with Crippen LogP contribution in [0.2, 0.25) is 0 Å². The number of alkyl halides is 1. The molecule has 92 valence electrons. The van der Waals surface area contributed by atoms with E-state index >= 15 is 0 Å². The first-order valence-corrected chi connectivity index (χ1v) is 6.14. The predicted molar refractivity (Wildman–Crippen MR) is 61.2 cm³/mol. The molecule has 0 saturated carbocycles. The van der Waals surface area contributed by atoms with E-state index in [4.69, 9.17) is 5.11 Å². The lowest BCUT2D eigenvalue weighted by Gasteiger charge is -2.09. The van der Waals surface area contributed by atoms with Crippen molar-refractivity contribution < 1.29 is 19.1 Å². The molecule has 17 heavy (non-hydrogen) atoms. The van der Waals surface area contributed by atoms with Gasteiger partial charge in [-0.2, -0.15) is 0 Å². The Hall–Kier alpha value is -1.43. The van der Waals surface area contributed by atoms with Crippen LogP contribution in [0, 0.1) is 0 Å². The molecule has 2 rings (SSSR count). The van der Waals surface area contributed by atoms with Gasteiger partial charge >= 0.3 is 5.97 Å². The number of hydrogen-bond acceptors (Lipinski definition) is 3. The minimum Gasteiger partial charge on any atom is -0.480 e. The SMILES string of the molecule is O=C(NC(CF)C(=O)O)c1cc2c(s1)CCC2. The lowest BCUT2D eigenvalue weighted by molar-refractivity contribution is -0.139. The molecule has 0 fully saturated rings. The number of fused-ring (bicyclic) bond motifs is 1. The zero-order valence-electron chi connectivity index (χ0n) is 9.03. The fourth-order valence-corrected chi connectivity index (χ4v) is 2.99. The van der Waals surface area contributed by atoms with Gasteiger partial charge in [0.1, 0.15) is 6.67 Å². The summed E-state index contributed by atoms with van der Waals surface area (Å²) in [6, 6.07) is 0.318. The largest absolute Gasteiger partial charge is 0.480 e. The first-order valence-electron chi connectivity index (χ1n) is 5.33. The number of carbonyl (C=O) groups excluding carboxylic acids is 1. The second-order valence-corrected chi connectivity index (χ2v) is 5.07. The molecule has 0 radical (unpaired) electrons. The molecule has 1 atom stereocenters. The Morgan fingerprint density at radius 1 is 1.53 bits per heavy atom. The summed E-state index contributed by atoms with van der Waals surface area (Å²) in [6.45, 7) is -1.10. The maximum atomic E-state index is 12.4. The first kappa shape index (κ1) is 12.0. The number of carboxylic acids is 1. The van der Waals surface area contributed by atoms with Gasteiger partial charge in [-0.15, -0.1) is 11.3 Å². The van der Waals surface area contributed by atoms with Crippen LogP contribution in [0.3, 0.4) is 0 Å². The molecule has 2 N–H and O–H groups in total. The second-order valence-electron chi connectivity index (χ2n) is 3.93. The van der Waals surface area contributed by atoms with Gasteiger partial charge in [0.2, 0.25) is 0 Å². The zero-order chi connectivity index (χ0) is 12.4. The maximum Gasteiger partial charge on any atom is 0.328 e. The van der Waals surface area contributed by atoms with Crippen molar-refractivity contribution in [3.63, 3.8) is 0 Å². The smallest absolute Gasteiger partial charge is 0.328 e. The van der Waals surface area contributed by atoms with Crippen LogP contribution in [0.1, 0.15) is 26.5 Å². The molecule has 1 heterocycles. The van der Waals surface area contributed by atoms with Gasteiger partial charge in [-0.25, -0.2) is 9.18 Å². The number of thiophene rings is 1. The number of aliphatic carboxylic acids is 1. The van der Waals surface area contributed by atoms with E-state index in [0.29, 0.717) is 4.88 Å². The molecule has 6 heteroatoms. The van der Waals surface area contributed by atoms with Crippen LogP contribution < -0.4 is 5.32 Å². The van der Waals surface area contributed by atoms with Gasteiger partial charge in [0.15, 0.2) is 6.04 Å². The highest BCUT2D eigenvalue weighted by Gasteiger charge is 2.23. The Morgan fingerprint density at radius 2 is 2.29 bits per heavy atom. The predicted octanol–water partition coefficient (Wildman–Crippen LogP) is 1.39. The maximum absolute atomic E-state index is 12.4. The summed E-state index contributed by atoms with van der Waals surface area (Å²) in [4.78, 5) is 23.9. The van der Waals surface area contributed by atoms with Crippen LogP contribution >= 0.6 is 11.3 Å². The van der Waals surface area contributed by atoms with Crippen LogP contribution in [-0.2, 0) is 17.6 Å². The van der Waals surface area contributed by atoms with Crippen LogP contribution in [-0.4, -0.2) is 29.7 Å². The molecule has 0 bridgehead atoms. The van der Waals surface area contributed by atoms with Gasteiger partial charge in [-0.3, -0.25) is 4.79 Å². The van der Waals surface area contributed by atoms with Crippen LogP contribution in [0.5, 0.6) is 0 Å². The fourth-order valence-electron chi connectivity index (χ4n) is 1.84. The number of halogens is 1. The Balaban J connectivity index is 2.06. The van der Waals surface area contributed by atoms with E-state index in [1.54, 1.807) is 6.07 Å². The normalized spacial score (nSPS) is 15.4. The number of rotatable bonds is 4. The van der Waals surface area contributed by atoms with Crippen LogP contribution in [0.4, 0.5) is 4.39 Å². The van der Waals surface area contributed by atoms with Gasteiger partial charge in [-0.1, -0.05) is 0 Å². The zero-order valence-corrected chi connectivity index (χ0v) is 9.85. The summed E-state index contributed by atoms with van der Waals surface area (Å²) in [5.74, 6) is -1.86. The minimum atomic E-state index is -1.46.